The Hall–Kier alpha value is -2.19. The van der Waals surface area contributed by atoms with E-state index in [1.54, 1.807) is 0 Å². The fourth-order valence-corrected chi connectivity index (χ4v) is 1.44. The van der Waals surface area contributed by atoms with E-state index in [1.807, 2.05) is 0 Å². The molecule has 0 aliphatic rings. The molecule has 0 radical (unpaired) electrons. The first-order chi connectivity index (χ1) is 10.0. The van der Waals surface area contributed by atoms with Crippen LogP contribution in [0.15, 0.2) is 18.3 Å². The highest BCUT2D eigenvalue weighted by Crippen LogP contribution is 2.11. The second-order valence-corrected chi connectivity index (χ2v) is 4.23. The van der Waals surface area contributed by atoms with Crippen LogP contribution in [0, 0.1) is 0 Å². The van der Waals surface area contributed by atoms with Crippen LogP contribution in [0.2, 0.25) is 5.15 Å². The Morgan fingerprint density at radius 3 is 2.71 bits per heavy atom. The van der Waals surface area contributed by atoms with Crippen LogP contribution in [0.4, 0.5) is 5.69 Å². The van der Waals surface area contributed by atoms with Crippen molar-refractivity contribution in [3.8, 4) is 0 Å². The van der Waals surface area contributed by atoms with Gasteiger partial charge in [0.15, 0.2) is 0 Å². The molecule has 0 aromatic carbocycles. The molecule has 3 amide bonds. The van der Waals surface area contributed by atoms with Gasteiger partial charge in [0.2, 0.25) is 5.91 Å². The van der Waals surface area contributed by atoms with Crippen LogP contribution in [0.25, 0.3) is 0 Å². The molecular weight excluding hydrogens is 300 g/mol. The first-order valence-corrected chi connectivity index (χ1v) is 6.37. The summed E-state index contributed by atoms with van der Waals surface area (Å²) in [4.78, 5) is 38.1. The van der Waals surface area contributed by atoms with Crippen LogP contribution in [0.5, 0.6) is 0 Å². The Morgan fingerprint density at radius 2 is 2.05 bits per heavy atom. The molecule has 0 aliphatic carbocycles. The summed E-state index contributed by atoms with van der Waals surface area (Å²) in [6.07, 6.45) is 1.39. The lowest BCUT2D eigenvalue weighted by molar-refractivity contribution is -0.136. The maximum atomic E-state index is 11.6. The monoisotopic (exact) mass is 314 g/mol. The second-order valence-electron chi connectivity index (χ2n) is 3.85. The molecule has 0 spiro atoms. The van der Waals surface area contributed by atoms with Gasteiger partial charge in [-0.15, -0.1) is 0 Å². The summed E-state index contributed by atoms with van der Waals surface area (Å²) in [5, 5.41) is 7.21. The van der Waals surface area contributed by atoms with Gasteiger partial charge in [0.1, 0.15) is 5.15 Å². The third-order valence-electron chi connectivity index (χ3n) is 2.23. The second kappa shape index (κ2) is 8.88. The zero-order chi connectivity index (χ0) is 15.7. The molecule has 21 heavy (non-hydrogen) atoms. The lowest BCUT2D eigenvalue weighted by atomic mass is 10.4. The van der Waals surface area contributed by atoms with E-state index in [-0.39, 0.29) is 11.7 Å². The molecule has 1 rings (SSSR count). The summed E-state index contributed by atoms with van der Waals surface area (Å²) in [6, 6.07) is 2.87. The molecule has 1 aromatic rings. The van der Waals surface area contributed by atoms with Gasteiger partial charge in [-0.25, -0.2) is 4.98 Å². The van der Waals surface area contributed by atoms with Gasteiger partial charge >= 0.3 is 11.8 Å². The molecule has 8 nitrogen and oxygen atoms in total. The molecule has 0 aliphatic heterocycles. The normalized spacial score (nSPS) is 9.81. The first-order valence-electron chi connectivity index (χ1n) is 5.99. The lowest BCUT2D eigenvalue weighted by Gasteiger charge is -2.07. The maximum absolute atomic E-state index is 11.6. The van der Waals surface area contributed by atoms with E-state index in [2.05, 4.69) is 20.9 Å². The van der Waals surface area contributed by atoms with Gasteiger partial charge < -0.3 is 20.7 Å². The number of halogens is 1. The van der Waals surface area contributed by atoms with Gasteiger partial charge in [-0.2, -0.15) is 0 Å². The van der Waals surface area contributed by atoms with Crippen molar-refractivity contribution in [2.24, 2.45) is 0 Å². The number of anilines is 1. The van der Waals surface area contributed by atoms with Crippen molar-refractivity contribution in [2.75, 3.05) is 32.1 Å². The maximum Gasteiger partial charge on any atom is 0.313 e. The van der Waals surface area contributed by atoms with Crippen LogP contribution in [-0.4, -0.2) is 49.5 Å². The minimum Gasteiger partial charge on any atom is -0.383 e. The van der Waals surface area contributed by atoms with Crippen molar-refractivity contribution in [1.82, 2.24) is 15.6 Å². The largest absolute Gasteiger partial charge is 0.383 e. The average molecular weight is 315 g/mol. The van der Waals surface area contributed by atoms with Gasteiger partial charge in [-0.05, 0) is 12.1 Å². The van der Waals surface area contributed by atoms with Crippen LogP contribution < -0.4 is 16.0 Å². The number of ether oxygens (including phenoxy) is 1. The zero-order valence-corrected chi connectivity index (χ0v) is 12.1. The summed E-state index contributed by atoms with van der Waals surface area (Å²) in [5.41, 5.74) is 0.333. The molecule has 114 valence electrons. The fraction of sp³-hybridized carbons (Fsp3) is 0.333. The van der Waals surface area contributed by atoms with Gasteiger partial charge in [0, 0.05) is 25.5 Å². The number of carbonyl (C=O) groups excluding carboxylic acids is 3. The molecule has 0 unspecified atom stereocenters. The van der Waals surface area contributed by atoms with Crippen molar-refractivity contribution in [2.45, 2.75) is 0 Å². The Kier molecular flexibility index (Phi) is 7.13. The number of aromatic nitrogens is 1. The Bertz CT molecular complexity index is 524. The molecule has 0 fully saturated rings. The van der Waals surface area contributed by atoms with E-state index in [0.717, 1.165) is 0 Å². The topological polar surface area (TPSA) is 109 Å². The molecule has 0 bridgehead atoms. The molecule has 3 N–H and O–H groups in total. The van der Waals surface area contributed by atoms with Crippen molar-refractivity contribution >= 4 is 35.0 Å². The SMILES string of the molecule is COCCNC(=O)CNC(=O)C(=O)Nc1ccnc(Cl)c1. The van der Waals surface area contributed by atoms with Crippen molar-refractivity contribution in [3.63, 3.8) is 0 Å². The Morgan fingerprint density at radius 1 is 1.29 bits per heavy atom. The number of amides is 3. The highest BCUT2D eigenvalue weighted by Gasteiger charge is 2.14. The van der Waals surface area contributed by atoms with Crippen molar-refractivity contribution < 1.29 is 19.1 Å². The van der Waals surface area contributed by atoms with Crippen LogP contribution in [0.1, 0.15) is 0 Å². The van der Waals surface area contributed by atoms with Gasteiger partial charge in [-0.3, -0.25) is 14.4 Å². The Labute approximate surface area is 126 Å². The summed E-state index contributed by atoms with van der Waals surface area (Å²) >= 11 is 5.64. The van der Waals surface area contributed by atoms with Gasteiger partial charge in [0.05, 0.1) is 13.2 Å². The van der Waals surface area contributed by atoms with E-state index >= 15 is 0 Å². The Balaban J connectivity index is 2.34. The molecule has 0 saturated heterocycles. The zero-order valence-electron chi connectivity index (χ0n) is 11.3. The number of rotatable bonds is 6. The quantitative estimate of drug-likeness (QED) is 0.374. The number of pyridine rings is 1. The van der Waals surface area contributed by atoms with E-state index < -0.39 is 17.7 Å². The average Bonchev–Trinajstić information content (AvgIpc) is 2.45. The third kappa shape index (κ3) is 6.68. The smallest absolute Gasteiger partial charge is 0.313 e. The van der Waals surface area contributed by atoms with Crippen molar-refractivity contribution in [3.05, 3.63) is 23.5 Å². The number of methoxy groups -OCH3 is 1. The summed E-state index contributed by atoms with van der Waals surface area (Å²) in [6.45, 7) is 0.392. The van der Waals surface area contributed by atoms with Gasteiger partial charge in [-0.1, -0.05) is 11.6 Å². The highest BCUT2D eigenvalue weighted by atomic mass is 35.5. The standard InChI is InChI=1S/C12H15ClN4O4/c1-21-5-4-15-10(18)7-16-11(19)12(20)17-8-2-3-14-9(13)6-8/h2-3,6H,4-5,7H2,1H3,(H,15,18)(H,16,19)(H,14,17,20). The van der Waals surface area contributed by atoms with E-state index in [9.17, 15) is 14.4 Å². The fourth-order valence-electron chi connectivity index (χ4n) is 1.26. The molecule has 1 aromatic heterocycles. The van der Waals surface area contributed by atoms with Crippen molar-refractivity contribution in [1.29, 1.82) is 0 Å². The molecule has 9 heteroatoms. The first kappa shape index (κ1) is 16.9. The molecular formula is C12H15ClN4O4. The van der Waals surface area contributed by atoms with Crippen LogP contribution in [-0.2, 0) is 19.1 Å². The van der Waals surface area contributed by atoms with Crippen LogP contribution in [0.3, 0.4) is 0 Å². The minimum atomic E-state index is -0.926. The number of hydrogen-bond donors (Lipinski definition) is 3. The van der Waals surface area contributed by atoms with E-state index in [1.165, 1.54) is 25.4 Å². The number of nitrogens with zero attached hydrogens (tertiary/aromatic N) is 1. The molecule has 0 saturated carbocycles. The van der Waals surface area contributed by atoms with Crippen LogP contribution >= 0.6 is 11.6 Å². The molecule has 1 heterocycles. The van der Waals surface area contributed by atoms with Gasteiger partial charge in [0.25, 0.3) is 0 Å². The molecule has 0 atom stereocenters. The predicted molar refractivity (Wildman–Crippen MR) is 75.8 cm³/mol. The summed E-state index contributed by atoms with van der Waals surface area (Å²) in [7, 11) is 1.50. The number of nitrogens with one attached hydrogen (secondary N) is 3. The van der Waals surface area contributed by atoms with E-state index in [0.29, 0.717) is 18.8 Å². The van der Waals surface area contributed by atoms with E-state index in [4.69, 9.17) is 16.3 Å². The lowest BCUT2D eigenvalue weighted by Crippen LogP contribution is -2.42. The predicted octanol–water partition coefficient (Wildman–Crippen LogP) is -0.448. The summed E-state index contributed by atoms with van der Waals surface area (Å²) < 4.78 is 4.75. The number of carbonyl (C=O) groups is 3. The summed E-state index contributed by atoms with van der Waals surface area (Å²) in [5.74, 6) is -2.24. The number of hydrogen-bond acceptors (Lipinski definition) is 5. The third-order valence-corrected chi connectivity index (χ3v) is 2.44. The highest BCUT2D eigenvalue weighted by molar-refractivity contribution is 6.40. The minimum absolute atomic E-state index is 0.186.